The van der Waals surface area contributed by atoms with E-state index in [9.17, 15) is 9.59 Å². The summed E-state index contributed by atoms with van der Waals surface area (Å²) in [4.78, 5) is 24.5. The van der Waals surface area contributed by atoms with E-state index in [1.807, 2.05) is 13.0 Å². The summed E-state index contributed by atoms with van der Waals surface area (Å²) >= 11 is 0. The van der Waals surface area contributed by atoms with Crippen LogP contribution in [0.5, 0.6) is 5.75 Å². The number of ether oxygens (including phenoxy) is 1. The lowest BCUT2D eigenvalue weighted by molar-refractivity contribution is 0.0948. The molecular formula is C19H23N3O3. The van der Waals surface area contributed by atoms with E-state index >= 15 is 0 Å². The first-order valence-corrected chi connectivity index (χ1v) is 8.79. The van der Waals surface area contributed by atoms with Gasteiger partial charge in [0.2, 0.25) is 0 Å². The van der Waals surface area contributed by atoms with Crippen LogP contribution in [0.25, 0.3) is 0 Å². The largest absolute Gasteiger partial charge is 0.493 e. The fraction of sp³-hybridized carbons (Fsp3) is 0.421. The van der Waals surface area contributed by atoms with Crippen molar-refractivity contribution in [3.8, 4) is 5.75 Å². The molecule has 0 spiro atoms. The van der Waals surface area contributed by atoms with Crippen LogP contribution in [0.1, 0.15) is 41.4 Å². The average molecular weight is 341 g/mol. The Morgan fingerprint density at radius 3 is 2.92 bits per heavy atom. The number of nitrogens with zero attached hydrogens (tertiary/aromatic N) is 2. The second-order valence-corrected chi connectivity index (χ2v) is 6.07. The molecule has 2 aromatic rings. The van der Waals surface area contributed by atoms with Gasteiger partial charge in [-0.2, -0.15) is 5.10 Å². The molecule has 0 atom stereocenters. The Bertz CT molecular complexity index is 814. The highest BCUT2D eigenvalue weighted by Crippen LogP contribution is 2.18. The summed E-state index contributed by atoms with van der Waals surface area (Å²) in [5.74, 6) is 0.349. The van der Waals surface area contributed by atoms with E-state index in [0.29, 0.717) is 31.0 Å². The van der Waals surface area contributed by atoms with Gasteiger partial charge in [-0.1, -0.05) is 12.1 Å². The van der Waals surface area contributed by atoms with Crippen LogP contribution in [-0.4, -0.2) is 28.8 Å². The first kappa shape index (κ1) is 17.2. The number of hydrogen-bond donors (Lipinski definition) is 1. The van der Waals surface area contributed by atoms with Crippen LogP contribution in [0.15, 0.2) is 35.1 Å². The molecule has 1 aliphatic carbocycles. The number of benzene rings is 1. The van der Waals surface area contributed by atoms with Crippen molar-refractivity contribution in [1.29, 1.82) is 0 Å². The van der Waals surface area contributed by atoms with E-state index in [1.54, 1.807) is 24.3 Å². The second-order valence-electron chi connectivity index (χ2n) is 6.07. The number of carbonyl (C=O) groups is 1. The van der Waals surface area contributed by atoms with Crippen molar-refractivity contribution in [3.63, 3.8) is 0 Å². The Balaban J connectivity index is 1.63. The molecule has 0 radical (unpaired) electrons. The Kier molecular flexibility index (Phi) is 5.48. The first-order chi connectivity index (χ1) is 12.2. The third-order valence-electron chi connectivity index (χ3n) is 4.31. The van der Waals surface area contributed by atoms with Crippen molar-refractivity contribution in [1.82, 2.24) is 15.1 Å². The number of carbonyl (C=O) groups excluding carboxylic acids is 1. The zero-order valence-corrected chi connectivity index (χ0v) is 14.5. The summed E-state index contributed by atoms with van der Waals surface area (Å²) in [5, 5.41) is 7.29. The summed E-state index contributed by atoms with van der Waals surface area (Å²) < 4.78 is 6.92. The van der Waals surface area contributed by atoms with E-state index in [4.69, 9.17) is 4.74 Å². The van der Waals surface area contributed by atoms with Crippen molar-refractivity contribution in [3.05, 3.63) is 57.5 Å². The molecule has 1 aromatic heterocycles. The normalized spacial score (nSPS) is 13.2. The Morgan fingerprint density at radius 2 is 2.08 bits per heavy atom. The van der Waals surface area contributed by atoms with Crippen molar-refractivity contribution >= 4 is 5.91 Å². The van der Waals surface area contributed by atoms with Gasteiger partial charge in [0.15, 0.2) is 0 Å². The van der Waals surface area contributed by atoms with Crippen LogP contribution < -0.4 is 15.6 Å². The van der Waals surface area contributed by atoms with Gasteiger partial charge in [0.05, 0.1) is 24.4 Å². The topological polar surface area (TPSA) is 73.2 Å². The number of nitrogens with one attached hydrogen (secondary N) is 1. The number of para-hydroxylation sites is 1. The molecule has 0 unspecified atom stereocenters. The zero-order chi connectivity index (χ0) is 17.6. The van der Waals surface area contributed by atoms with Gasteiger partial charge in [-0.05, 0) is 50.3 Å². The van der Waals surface area contributed by atoms with E-state index < -0.39 is 0 Å². The molecule has 0 fully saturated rings. The summed E-state index contributed by atoms with van der Waals surface area (Å²) in [6.45, 7) is 3.07. The summed E-state index contributed by atoms with van der Waals surface area (Å²) in [6, 6.07) is 8.82. The fourth-order valence-corrected chi connectivity index (χ4v) is 3.07. The molecule has 132 valence electrons. The number of amides is 1. The smallest absolute Gasteiger partial charge is 0.267 e. The molecule has 6 nitrogen and oxygen atoms in total. The summed E-state index contributed by atoms with van der Waals surface area (Å²) in [5.41, 5.74) is 2.47. The van der Waals surface area contributed by atoms with Crippen LogP contribution in [0, 0.1) is 0 Å². The lowest BCUT2D eigenvalue weighted by Crippen LogP contribution is -2.33. The van der Waals surface area contributed by atoms with Gasteiger partial charge >= 0.3 is 0 Å². The molecule has 0 bridgehead atoms. The van der Waals surface area contributed by atoms with Gasteiger partial charge in [-0.25, -0.2) is 4.68 Å². The van der Waals surface area contributed by atoms with E-state index in [-0.39, 0.29) is 11.5 Å². The zero-order valence-electron chi connectivity index (χ0n) is 14.5. The minimum Gasteiger partial charge on any atom is -0.493 e. The SMILES string of the molecule is CCOc1ccccc1C(=O)NCCn1nc2c(cc1=O)CCCC2. The van der Waals surface area contributed by atoms with E-state index in [0.717, 1.165) is 36.9 Å². The van der Waals surface area contributed by atoms with E-state index in [2.05, 4.69) is 10.4 Å². The maximum atomic E-state index is 12.3. The molecule has 1 aromatic carbocycles. The van der Waals surface area contributed by atoms with Crippen molar-refractivity contribution in [2.75, 3.05) is 13.2 Å². The molecule has 0 saturated carbocycles. The molecule has 25 heavy (non-hydrogen) atoms. The predicted molar refractivity (Wildman–Crippen MR) is 95.1 cm³/mol. The highest BCUT2D eigenvalue weighted by atomic mass is 16.5. The molecule has 0 saturated heterocycles. The minimum absolute atomic E-state index is 0.107. The average Bonchev–Trinajstić information content (AvgIpc) is 2.63. The van der Waals surface area contributed by atoms with Gasteiger partial charge in [0.1, 0.15) is 5.75 Å². The lowest BCUT2D eigenvalue weighted by atomic mass is 9.97. The number of hydrogen-bond acceptors (Lipinski definition) is 4. The monoisotopic (exact) mass is 341 g/mol. The molecule has 3 rings (SSSR count). The van der Waals surface area contributed by atoms with Gasteiger partial charge < -0.3 is 10.1 Å². The number of rotatable bonds is 6. The fourth-order valence-electron chi connectivity index (χ4n) is 3.07. The molecule has 1 heterocycles. The molecular weight excluding hydrogens is 318 g/mol. The minimum atomic E-state index is -0.213. The van der Waals surface area contributed by atoms with Crippen LogP contribution >= 0.6 is 0 Å². The third kappa shape index (κ3) is 4.07. The second kappa shape index (κ2) is 7.96. The molecule has 1 aliphatic rings. The molecule has 1 amide bonds. The number of fused-ring (bicyclic) bond motifs is 1. The highest BCUT2D eigenvalue weighted by Gasteiger charge is 2.14. The third-order valence-corrected chi connectivity index (χ3v) is 4.31. The maximum Gasteiger partial charge on any atom is 0.267 e. The number of aryl methyl sites for hydroxylation is 2. The standard InChI is InChI=1S/C19H23N3O3/c1-2-25-17-10-6-4-8-15(17)19(24)20-11-12-22-18(23)13-14-7-3-5-9-16(14)21-22/h4,6,8,10,13H,2-3,5,7,9,11-12H2,1H3,(H,20,24). The van der Waals surface area contributed by atoms with Gasteiger partial charge in [0, 0.05) is 12.6 Å². The van der Waals surface area contributed by atoms with Crippen molar-refractivity contribution in [2.24, 2.45) is 0 Å². The lowest BCUT2D eigenvalue weighted by Gasteiger charge is -2.16. The van der Waals surface area contributed by atoms with Gasteiger partial charge in [0.25, 0.3) is 11.5 Å². The van der Waals surface area contributed by atoms with Crippen LogP contribution in [0.4, 0.5) is 0 Å². The molecule has 1 N–H and O–H groups in total. The first-order valence-electron chi connectivity index (χ1n) is 8.79. The summed E-state index contributed by atoms with van der Waals surface area (Å²) in [7, 11) is 0. The molecule has 0 aliphatic heterocycles. The maximum absolute atomic E-state index is 12.3. The van der Waals surface area contributed by atoms with E-state index in [1.165, 1.54) is 4.68 Å². The number of aromatic nitrogens is 2. The van der Waals surface area contributed by atoms with Crippen LogP contribution in [-0.2, 0) is 19.4 Å². The van der Waals surface area contributed by atoms with Crippen molar-refractivity contribution in [2.45, 2.75) is 39.2 Å². The van der Waals surface area contributed by atoms with Crippen LogP contribution in [0.3, 0.4) is 0 Å². The van der Waals surface area contributed by atoms with Gasteiger partial charge in [-0.3, -0.25) is 9.59 Å². The van der Waals surface area contributed by atoms with Crippen LogP contribution in [0.2, 0.25) is 0 Å². The molecule has 6 heteroatoms. The Labute approximate surface area is 146 Å². The Hall–Kier alpha value is -2.63. The van der Waals surface area contributed by atoms with Crippen molar-refractivity contribution < 1.29 is 9.53 Å². The highest BCUT2D eigenvalue weighted by molar-refractivity contribution is 5.96. The quantitative estimate of drug-likeness (QED) is 0.872. The van der Waals surface area contributed by atoms with Gasteiger partial charge in [-0.15, -0.1) is 0 Å². The summed E-state index contributed by atoms with van der Waals surface area (Å²) in [6.07, 6.45) is 4.09. The Morgan fingerprint density at radius 1 is 1.28 bits per heavy atom. The predicted octanol–water partition coefficient (Wildman–Crippen LogP) is 1.95.